The van der Waals surface area contributed by atoms with Gasteiger partial charge in [0.25, 0.3) is 5.91 Å². The Kier molecular flexibility index (Phi) is 3.18. The number of carbonyl (C=O) groups is 1. The molecule has 4 rings (SSSR count). The molecular weight excluding hydrogens is 284 g/mol. The van der Waals surface area contributed by atoms with Crippen LogP contribution in [0.1, 0.15) is 36.2 Å². The summed E-state index contributed by atoms with van der Waals surface area (Å²) in [6, 6.07) is 7.59. The first-order valence-electron chi connectivity index (χ1n) is 7.78. The average Bonchev–Trinajstić information content (AvgIpc) is 3.09. The predicted molar refractivity (Wildman–Crippen MR) is 84.7 cm³/mol. The summed E-state index contributed by atoms with van der Waals surface area (Å²) in [4.78, 5) is 18.0. The number of likely N-dealkylation sites (tertiary alicyclic amines) is 1. The minimum absolute atomic E-state index is 0.136. The quantitative estimate of drug-likeness (QED) is 0.846. The summed E-state index contributed by atoms with van der Waals surface area (Å²) in [5.41, 5.74) is 1.66. The van der Waals surface area contributed by atoms with Crippen LogP contribution in [0.3, 0.4) is 0 Å². The van der Waals surface area contributed by atoms with E-state index in [-0.39, 0.29) is 5.91 Å². The van der Waals surface area contributed by atoms with Gasteiger partial charge in [-0.1, -0.05) is 24.4 Å². The molecule has 2 aromatic rings. The Morgan fingerprint density at radius 3 is 2.57 bits per heavy atom. The van der Waals surface area contributed by atoms with Crippen LogP contribution in [0.4, 0.5) is 0 Å². The number of fused-ring (bicyclic) bond motifs is 2. The summed E-state index contributed by atoms with van der Waals surface area (Å²) in [5, 5.41) is 1.70. The number of aromatic amines is 1. The van der Waals surface area contributed by atoms with Crippen LogP contribution in [-0.4, -0.2) is 28.9 Å². The van der Waals surface area contributed by atoms with Crippen LogP contribution in [0.15, 0.2) is 24.3 Å². The predicted octanol–water partition coefficient (Wildman–Crippen LogP) is 4.08. The van der Waals surface area contributed by atoms with Crippen molar-refractivity contribution in [3.63, 3.8) is 0 Å². The second kappa shape index (κ2) is 5.06. The van der Waals surface area contributed by atoms with Gasteiger partial charge in [0.1, 0.15) is 5.69 Å². The van der Waals surface area contributed by atoms with Gasteiger partial charge in [-0.25, -0.2) is 0 Å². The first-order chi connectivity index (χ1) is 10.2. The molecule has 3 nitrogen and oxygen atoms in total. The Balaban J connectivity index is 1.58. The molecule has 2 atom stereocenters. The molecule has 1 aromatic carbocycles. The number of nitrogens with zero attached hydrogens (tertiary/aromatic N) is 1. The summed E-state index contributed by atoms with van der Waals surface area (Å²) >= 11 is 6.01. The number of hydrogen-bond donors (Lipinski definition) is 1. The minimum Gasteiger partial charge on any atom is -0.351 e. The maximum absolute atomic E-state index is 12.7. The maximum atomic E-state index is 12.7. The molecule has 2 aliphatic rings. The van der Waals surface area contributed by atoms with Gasteiger partial charge in [0.15, 0.2) is 0 Å². The Hall–Kier alpha value is -1.48. The number of rotatable bonds is 1. The molecule has 0 spiro atoms. The molecule has 0 bridgehead atoms. The van der Waals surface area contributed by atoms with Crippen molar-refractivity contribution in [2.45, 2.75) is 25.7 Å². The molecule has 2 fully saturated rings. The van der Waals surface area contributed by atoms with Crippen molar-refractivity contribution in [3.8, 4) is 0 Å². The van der Waals surface area contributed by atoms with Gasteiger partial charge in [-0.2, -0.15) is 0 Å². The third-order valence-electron chi connectivity index (χ3n) is 5.08. The van der Waals surface area contributed by atoms with Crippen LogP contribution in [0, 0.1) is 11.8 Å². The molecule has 0 radical (unpaired) electrons. The van der Waals surface area contributed by atoms with Gasteiger partial charge >= 0.3 is 0 Å². The molecule has 1 saturated heterocycles. The zero-order valence-corrected chi connectivity index (χ0v) is 12.7. The fourth-order valence-electron chi connectivity index (χ4n) is 3.96. The van der Waals surface area contributed by atoms with Crippen molar-refractivity contribution in [2.24, 2.45) is 11.8 Å². The van der Waals surface area contributed by atoms with E-state index < -0.39 is 0 Å². The topological polar surface area (TPSA) is 36.1 Å². The summed E-state index contributed by atoms with van der Waals surface area (Å²) in [6.07, 6.45) is 5.23. The highest BCUT2D eigenvalue weighted by molar-refractivity contribution is 6.31. The van der Waals surface area contributed by atoms with Gasteiger partial charge in [-0.3, -0.25) is 4.79 Å². The second-order valence-electron chi connectivity index (χ2n) is 6.43. The number of aromatic nitrogens is 1. The zero-order valence-electron chi connectivity index (χ0n) is 11.9. The first kappa shape index (κ1) is 13.2. The first-order valence-corrected chi connectivity index (χ1v) is 8.16. The molecule has 2 unspecified atom stereocenters. The van der Waals surface area contributed by atoms with Gasteiger partial charge in [-0.05, 0) is 48.9 Å². The van der Waals surface area contributed by atoms with Crippen molar-refractivity contribution < 1.29 is 4.79 Å². The normalized spacial score (nSPS) is 25.3. The van der Waals surface area contributed by atoms with Crippen LogP contribution in [0.5, 0.6) is 0 Å². The zero-order chi connectivity index (χ0) is 14.4. The molecule has 4 heteroatoms. The van der Waals surface area contributed by atoms with E-state index in [0.717, 1.165) is 35.8 Å². The summed E-state index contributed by atoms with van der Waals surface area (Å²) < 4.78 is 0. The lowest BCUT2D eigenvalue weighted by Gasteiger charge is -2.22. The van der Waals surface area contributed by atoms with Crippen LogP contribution in [-0.2, 0) is 0 Å². The van der Waals surface area contributed by atoms with E-state index in [1.54, 1.807) is 0 Å². The number of benzene rings is 1. The summed E-state index contributed by atoms with van der Waals surface area (Å²) in [5.74, 6) is 1.58. The number of hydrogen-bond acceptors (Lipinski definition) is 1. The van der Waals surface area contributed by atoms with E-state index in [9.17, 15) is 4.79 Å². The average molecular weight is 303 g/mol. The van der Waals surface area contributed by atoms with Crippen LogP contribution in [0.25, 0.3) is 10.9 Å². The fourth-order valence-corrected chi connectivity index (χ4v) is 4.14. The lowest BCUT2D eigenvalue weighted by atomic mass is 9.82. The van der Waals surface area contributed by atoms with Crippen molar-refractivity contribution in [2.75, 3.05) is 13.1 Å². The molecule has 1 amide bonds. The molecule has 1 aromatic heterocycles. The molecule has 21 heavy (non-hydrogen) atoms. The molecule has 2 heterocycles. The number of H-pyrrole nitrogens is 1. The Labute approximate surface area is 129 Å². The van der Waals surface area contributed by atoms with E-state index in [0.29, 0.717) is 10.7 Å². The van der Waals surface area contributed by atoms with Crippen molar-refractivity contribution in [1.82, 2.24) is 9.88 Å². The summed E-state index contributed by atoms with van der Waals surface area (Å²) in [7, 11) is 0. The Morgan fingerprint density at radius 2 is 1.86 bits per heavy atom. The number of carbonyl (C=O) groups excluding carboxylic acids is 1. The Bertz CT molecular complexity index is 679. The molecule has 1 N–H and O–H groups in total. The van der Waals surface area contributed by atoms with Gasteiger partial charge < -0.3 is 9.88 Å². The van der Waals surface area contributed by atoms with E-state index in [1.807, 2.05) is 29.2 Å². The fraction of sp³-hybridized carbons (Fsp3) is 0.471. The lowest BCUT2D eigenvalue weighted by molar-refractivity contribution is 0.0779. The van der Waals surface area contributed by atoms with E-state index in [4.69, 9.17) is 11.6 Å². The van der Waals surface area contributed by atoms with Gasteiger partial charge in [0.2, 0.25) is 0 Å². The molecule has 1 aliphatic heterocycles. The van der Waals surface area contributed by atoms with Gasteiger partial charge in [-0.15, -0.1) is 0 Å². The smallest absolute Gasteiger partial charge is 0.270 e. The second-order valence-corrected chi connectivity index (χ2v) is 6.87. The number of nitrogens with one attached hydrogen (secondary N) is 1. The van der Waals surface area contributed by atoms with Crippen LogP contribution < -0.4 is 0 Å². The highest BCUT2D eigenvalue weighted by Gasteiger charge is 2.36. The van der Waals surface area contributed by atoms with Crippen LogP contribution >= 0.6 is 11.6 Å². The monoisotopic (exact) mass is 302 g/mol. The SMILES string of the molecule is O=C(c1cc2cc(Cl)ccc2[nH]1)N1CC2CCCCC2C1. The molecular formula is C17H19ClN2O. The van der Waals surface area contributed by atoms with E-state index in [2.05, 4.69) is 4.98 Å². The van der Waals surface area contributed by atoms with E-state index >= 15 is 0 Å². The van der Waals surface area contributed by atoms with E-state index in [1.165, 1.54) is 25.7 Å². The Morgan fingerprint density at radius 1 is 1.14 bits per heavy atom. The standard InChI is InChI=1S/C17H19ClN2O/c18-14-5-6-15-13(7-14)8-16(19-15)17(21)20-9-11-3-1-2-4-12(11)10-20/h5-8,11-12,19H,1-4,9-10H2. The highest BCUT2D eigenvalue weighted by Crippen LogP contribution is 2.36. The minimum atomic E-state index is 0.136. The van der Waals surface area contributed by atoms with Gasteiger partial charge in [0, 0.05) is 29.0 Å². The van der Waals surface area contributed by atoms with Crippen molar-refractivity contribution >= 4 is 28.4 Å². The summed E-state index contributed by atoms with van der Waals surface area (Å²) in [6.45, 7) is 1.86. The van der Waals surface area contributed by atoms with Crippen molar-refractivity contribution in [1.29, 1.82) is 0 Å². The van der Waals surface area contributed by atoms with Crippen LogP contribution in [0.2, 0.25) is 5.02 Å². The number of halogens is 1. The highest BCUT2D eigenvalue weighted by atomic mass is 35.5. The third kappa shape index (κ3) is 2.34. The third-order valence-corrected chi connectivity index (χ3v) is 5.31. The van der Waals surface area contributed by atoms with Crippen molar-refractivity contribution in [3.05, 3.63) is 35.0 Å². The largest absolute Gasteiger partial charge is 0.351 e. The molecule has 1 aliphatic carbocycles. The molecule has 110 valence electrons. The number of amides is 1. The maximum Gasteiger partial charge on any atom is 0.270 e. The molecule has 1 saturated carbocycles. The lowest BCUT2D eigenvalue weighted by Crippen LogP contribution is -2.29. The van der Waals surface area contributed by atoms with Gasteiger partial charge in [0.05, 0.1) is 0 Å².